The Labute approximate surface area is 182 Å². The minimum absolute atomic E-state index is 0.104. The predicted octanol–water partition coefficient (Wildman–Crippen LogP) is 4.13. The fraction of sp³-hybridized carbons (Fsp3) is 0.136. The molecule has 0 saturated carbocycles. The molecule has 6 nitrogen and oxygen atoms in total. The zero-order valence-corrected chi connectivity index (χ0v) is 17.8. The lowest BCUT2D eigenvalue weighted by atomic mass is 10.2. The molecule has 0 spiro atoms. The minimum atomic E-state index is -0.347. The number of hydrogen-bond donors (Lipinski definition) is 1. The fourth-order valence-electron chi connectivity index (χ4n) is 3.06. The number of nitrogens with zero attached hydrogens (tertiary/aromatic N) is 3. The predicted molar refractivity (Wildman–Crippen MR) is 119 cm³/mol. The van der Waals surface area contributed by atoms with Gasteiger partial charge in [-0.15, -0.1) is 11.3 Å². The smallest absolute Gasteiger partial charge is 0.263 e. The highest BCUT2D eigenvalue weighted by atomic mass is 35.5. The van der Waals surface area contributed by atoms with Crippen LogP contribution in [0.25, 0.3) is 15.8 Å². The van der Waals surface area contributed by atoms with E-state index in [4.69, 9.17) is 11.6 Å². The van der Waals surface area contributed by atoms with Gasteiger partial charge in [-0.3, -0.25) is 9.59 Å². The van der Waals surface area contributed by atoms with Crippen molar-refractivity contribution in [1.29, 1.82) is 0 Å². The second kappa shape index (κ2) is 8.69. The molecule has 2 aromatic heterocycles. The molecule has 2 amide bonds. The van der Waals surface area contributed by atoms with E-state index in [9.17, 15) is 9.59 Å². The summed E-state index contributed by atoms with van der Waals surface area (Å²) in [6.07, 6.45) is 3.61. The maximum absolute atomic E-state index is 12.5. The Morgan fingerprint density at radius 1 is 1.13 bits per heavy atom. The zero-order chi connectivity index (χ0) is 21.1. The highest BCUT2D eigenvalue weighted by Gasteiger charge is 2.18. The number of hydrogen-bond acceptors (Lipinski definition) is 4. The number of thiophene rings is 1. The van der Waals surface area contributed by atoms with Crippen LogP contribution in [0.5, 0.6) is 0 Å². The molecule has 4 rings (SSSR count). The van der Waals surface area contributed by atoms with Gasteiger partial charge in [-0.1, -0.05) is 48.0 Å². The lowest BCUT2D eigenvalue weighted by Gasteiger charge is -2.16. The molecule has 1 N–H and O–H groups in total. The molecule has 4 aromatic rings. The number of likely N-dealkylation sites (N-methyl/N-ethyl adjacent to an activating group) is 1. The van der Waals surface area contributed by atoms with E-state index in [0.717, 1.165) is 21.3 Å². The summed E-state index contributed by atoms with van der Waals surface area (Å²) >= 11 is 7.65. The van der Waals surface area contributed by atoms with Crippen LogP contribution in [0.1, 0.15) is 15.2 Å². The topological polar surface area (TPSA) is 67.2 Å². The number of benzene rings is 2. The Morgan fingerprint density at radius 2 is 1.87 bits per heavy atom. The minimum Gasteiger partial charge on any atom is -0.342 e. The van der Waals surface area contributed by atoms with Crippen LogP contribution in [0.3, 0.4) is 0 Å². The van der Waals surface area contributed by atoms with Crippen molar-refractivity contribution in [2.45, 2.75) is 6.54 Å². The van der Waals surface area contributed by atoms with Gasteiger partial charge in [-0.05, 0) is 18.2 Å². The number of para-hydroxylation sites is 1. The Bertz CT molecular complexity index is 1200. The van der Waals surface area contributed by atoms with Gasteiger partial charge in [0, 0.05) is 35.4 Å². The van der Waals surface area contributed by atoms with Gasteiger partial charge in [0.25, 0.3) is 5.91 Å². The van der Waals surface area contributed by atoms with Crippen molar-refractivity contribution < 1.29 is 9.59 Å². The summed E-state index contributed by atoms with van der Waals surface area (Å²) in [5.41, 5.74) is 1.85. The van der Waals surface area contributed by atoms with Crippen LogP contribution < -0.4 is 5.32 Å². The van der Waals surface area contributed by atoms with Crippen LogP contribution in [0, 0.1) is 0 Å². The van der Waals surface area contributed by atoms with Crippen molar-refractivity contribution >= 4 is 44.8 Å². The number of fused-ring (bicyclic) bond motifs is 1. The molecule has 0 aliphatic carbocycles. The molecular weight excluding hydrogens is 420 g/mol. The summed E-state index contributed by atoms with van der Waals surface area (Å²) in [6.45, 7) is 0.290. The van der Waals surface area contributed by atoms with E-state index in [2.05, 4.69) is 10.4 Å². The van der Waals surface area contributed by atoms with Gasteiger partial charge in [0.2, 0.25) is 5.91 Å². The first kappa shape index (κ1) is 20.1. The average Bonchev–Trinajstić information content (AvgIpc) is 3.37. The van der Waals surface area contributed by atoms with Gasteiger partial charge >= 0.3 is 0 Å². The summed E-state index contributed by atoms with van der Waals surface area (Å²) in [7, 11) is 1.70. The van der Waals surface area contributed by atoms with E-state index in [1.807, 2.05) is 60.8 Å². The first-order chi connectivity index (χ1) is 14.5. The third-order valence-corrected chi connectivity index (χ3v) is 6.32. The molecule has 0 fully saturated rings. The van der Waals surface area contributed by atoms with Gasteiger partial charge in [0.1, 0.15) is 4.88 Å². The third kappa shape index (κ3) is 4.22. The van der Waals surface area contributed by atoms with Crippen molar-refractivity contribution in [3.63, 3.8) is 0 Å². The summed E-state index contributed by atoms with van der Waals surface area (Å²) in [6, 6.07) is 17.3. The molecule has 0 aliphatic rings. The summed E-state index contributed by atoms with van der Waals surface area (Å²) < 4.78 is 2.70. The van der Waals surface area contributed by atoms with Gasteiger partial charge in [0.15, 0.2) is 0 Å². The monoisotopic (exact) mass is 438 g/mol. The molecule has 2 heterocycles. The van der Waals surface area contributed by atoms with Crippen LogP contribution in [-0.4, -0.2) is 40.1 Å². The molecule has 0 aliphatic heterocycles. The molecule has 0 radical (unpaired) electrons. The zero-order valence-electron chi connectivity index (χ0n) is 16.2. The third-order valence-electron chi connectivity index (χ3n) is 4.64. The normalized spacial score (nSPS) is 10.9. The molecular formula is C22H19ClN4O2S. The molecule has 0 bridgehead atoms. The Morgan fingerprint density at radius 3 is 2.63 bits per heavy atom. The number of amides is 2. The van der Waals surface area contributed by atoms with Crippen LogP contribution >= 0.6 is 22.9 Å². The quantitative estimate of drug-likeness (QED) is 0.492. The summed E-state index contributed by atoms with van der Waals surface area (Å²) in [5.74, 6) is -0.548. The van der Waals surface area contributed by atoms with Crippen molar-refractivity contribution in [1.82, 2.24) is 20.0 Å². The first-order valence-corrected chi connectivity index (χ1v) is 10.5. The van der Waals surface area contributed by atoms with Crippen molar-refractivity contribution in [3.8, 4) is 5.69 Å². The maximum atomic E-state index is 12.5. The Balaban J connectivity index is 1.35. The molecule has 0 saturated heterocycles. The number of aromatic nitrogens is 2. The van der Waals surface area contributed by atoms with E-state index >= 15 is 0 Å². The lowest BCUT2D eigenvalue weighted by Crippen LogP contribution is -2.37. The van der Waals surface area contributed by atoms with E-state index in [-0.39, 0.29) is 18.4 Å². The fourth-order valence-corrected chi connectivity index (χ4v) is 4.49. The molecule has 0 unspecified atom stereocenters. The Kier molecular flexibility index (Phi) is 5.83. The standard InChI is InChI=1S/C22H19ClN4O2S/c1-26(13-15-11-25-27(14-15)16-7-3-2-4-8-16)19(28)12-24-22(29)21-20(23)17-9-5-6-10-18(17)30-21/h2-11,14H,12-13H2,1H3,(H,24,29). The van der Waals surface area contributed by atoms with Gasteiger partial charge in [0.05, 0.1) is 23.5 Å². The van der Waals surface area contributed by atoms with Crippen LogP contribution in [0.4, 0.5) is 0 Å². The number of nitrogens with one attached hydrogen (secondary N) is 1. The summed E-state index contributed by atoms with van der Waals surface area (Å²) in [4.78, 5) is 27.0. The van der Waals surface area contributed by atoms with Gasteiger partial charge < -0.3 is 10.2 Å². The van der Waals surface area contributed by atoms with Gasteiger partial charge in [-0.2, -0.15) is 5.10 Å². The second-order valence-electron chi connectivity index (χ2n) is 6.80. The van der Waals surface area contributed by atoms with E-state index in [1.54, 1.807) is 22.8 Å². The number of rotatable bonds is 6. The largest absolute Gasteiger partial charge is 0.342 e. The number of halogens is 1. The molecule has 2 aromatic carbocycles. The average molecular weight is 439 g/mol. The molecule has 8 heteroatoms. The van der Waals surface area contributed by atoms with Gasteiger partial charge in [-0.25, -0.2) is 4.68 Å². The van der Waals surface area contributed by atoms with Crippen LogP contribution in [0.15, 0.2) is 67.0 Å². The number of carbonyl (C=O) groups is 2. The highest BCUT2D eigenvalue weighted by Crippen LogP contribution is 2.34. The van der Waals surface area contributed by atoms with Crippen LogP contribution in [0.2, 0.25) is 5.02 Å². The van der Waals surface area contributed by atoms with Crippen molar-refractivity contribution in [2.24, 2.45) is 0 Å². The lowest BCUT2D eigenvalue weighted by molar-refractivity contribution is -0.129. The van der Waals surface area contributed by atoms with Crippen molar-refractivity contribution in [3.05, 3.63) is 82.5 Å². The van der Waals surface area contributed by atoms with E-state index < -0.39 is 0 Å². The first-order valence-electron chi connectivity index (χ1n) is 9.31. The second-order valence-corrected chi connectivity index (χ2v) is 8.23. The van der Waals surface area contributed by atoms with Crippen LogP contribution in [-0.2, 0) is 11.3 Å². The number of carbonyl (C=O) groups excluding carboxylic acids is 2. The van der Waals surface area contributed by atoms with E-state index in [1.165, 1.54) is 11.3 Å². The summed E-state index contributed by atoms with van der Waals surface area (Å²) in [5, 5.41) is 8.27. The van der Waals surface area contributed by atoms with Crippen molar-refractivity contribution in [2.75, 3.05) is 13.6 Å². The Hall–Kier alpha value is -3.16. The molecule has 0 atom stereocenters. The van der Waals surface area contributed by atoms with E-state index in [0.29, 0.717) is 16.4 Å². The highest BCUT2D eigenvalue weighted by molar-refractivity contribution is 7.21. The molecule has 30 heavy (non-hydrogen) atoms. The SMILES string of the molecule is CN(Cc1cnn(-c2ccccc2)c1)C(=O)CNC(=O)c1sc2ccccc2c1Cl. The maximum Gasteiger partial charge on any atom is 0.263 e. The molecule has 152 valence electrons.